The van der Waals surface area contributed by atoms with Gasteiger partial charge in [0.1, 0.15) is 5.82 Å². The maximum Gasteiger partial charge on any atom is 0.354 e. The molecule has 0 unspecified atom stereocenters. The van der Waals surface area contributed by atoms with E-state index in [4.69, 9.17) is 5.11 Å². The summed E-state index contributed by atoms with van der Waals surface area (Å²) >= 11 is 0. The van der Waals surface area contributed by atoms with Gasteiger partial charge in [0.25, 0.3) is 5.91 Å². The third-order valence-electron chi connectivity index (χ3n) is 4.84. The minimum Gasteiger partial charge on any atom is -0.477 e. The number of pyridine rings is 1. The molecule has 0 saturated carbocycles. The van der Waals surface area contributed by atoms with Crippen LogP contribution in [0.5, 0.6) is 0 Å². The van der Waals surface area contributed by atoms with Gasteiger partial charge in [-0.3, -0.25) is 4.79 Å². The Labute approximate surface area is 159 Å². The van der Waals surface area contributed by atoms with Crippen LogP contribution in [-0.4, -0.2) is 53.0 Å². The molecule has 1 aromatic carbocycles. The zero-order chi connectivity index (χ0) is 19.6. The summed E-state index contributed by atoms with van der Waals surface area (Å²) in [5.41, 5.74) is 1.99. The van der Waals surface area contributed by atoms with Crippen LogP contribution in [0.25, 0.3) is 0 Å². The van der Waals surface area contributed by atoms with Crippen molar-refractivity contribution in [2.45, 2.75) is 26.2 Å². The monoisotopic (exact) mass is 367 g/mol. The standard InChI is InChI=1S/C21H25N3O3/c1-21(2,3)16-9-7-15(8-10-16)19(25)24-13-11-23(12-14-24)18-6-4-5-17(22-18)20(26)27/h4-10H,11-14H2,1-3H3,(H,26,27). The second-order valence-electron chi connectivity index (χ2n) is 7.79. The molecule has 1 N–H and O–H groups in total. The summed E-state index contributed by atoms with van der Waals surface area (Å²) in [5, 5.41) is 9.08. The maximum absolute atomic E-state index is 12.8. The Kier molecular flexibility index (Phi) is 5.17. The normalized spacial score (nSPS) is 14.9. The number of aromatic nitrogens is 1. The molecule has 1 saturated heterocycles. The zero-order valence-electron chi connectivity index (χ0n) is 16.0. The fourth-order valence-corrected chi connectivity index (χ4v) is 3.15. The largest absolute Gasteiger partial charge is 0.477 e. The molecule has 3 rings (SSSR count). The van der Waals surface area contributed by atoms with Crippen molar-refractivity contribution < 1.29 is 14.7 Å². The third kappa shape index (κ3) is 4.27. The van der Waals surface area contributed by atoms with Crippen molar-refractivity contribution in [2.75, 3.05) is 31.1 Å². The summed E-state index contributed by atoms with van der Waals surface area (Å²) in [7, 11) is 0. The number of hydrogen-bond donors (Lipinski definition) is 1. The quantitative estimate of drug-likeness (QED) is 0.903. The van der Waals surface area contributed by atoms with Gasteiger partial charge in [0.15, 0.2) is 5.69 Å². The van der Waals surface area contributed by atoms with Crippen LogP contribution in [0, 0.1) is 0 Å². The van der Waals surface area contributed by atoms with Crippen LogP contribution in [0.3, 0.4) is 0 Å². The summed E-state index contributed by atoms with van der Waals surface area (Å²) in [6.45, 7) is 8.87. The average molecular weight is 367 g/mol. The third-order valence-corrected chi connectivity index (χ3v) is 4.84. The molecular weight excluding hydrogens is 342 g/mol. The van der Waals surface area contributed by atoms with Gasteiger partial charge in [-0.15, -0.1) is 0 Å². The number of benzene rings is 1. The van der Waals surface area contributed by atoms with Gasteiger partial charge in [-0.25, -0.2) is 9.78 Å². The molecule has 1 aliphatic heterocycles. The van der Waals surface area contributed by atoms with E-state index in [1.165, 1.54) is 11.6 Å². The number of aromatic carboxylic acids is 1. The number of hydrogen-bond acceptors (Lipinski definition) is 4. The highest BCUT2D eigenvalue weighted by atomic mass is 16.4. The molecule has 2 heterocycles. The van der Waals surface area contributed by atoms with Gasteiger partial charge >= 0.3 is 5.97 Å². The molecule has 6 heteroatoms. The molecule has 0 aliphatic carbocycles. The number of rotatable bonds is 3. The minimum absolute atomic E-state index is 0.0300. The first-order valence-electron chi connectivity index (χ1n) is 9.11. The highest BCUT2D eigenvalue weighted by molar-refractivity contribution is 5.94. The first-order chi connectivity index (χ1) is 12.8. The Balaban J connectivity index is 1.64. The van der Waals surface area contributed by atoms with E-state index in [0.29, 0.717) is 37.6 Å². The smallest absolute Gasteiger partial charge is 0.354 e. The van der Waals surface area contributed by atoms with Crippen LogP contribution in [0.2, 0.25) is 0 Å². The van der Waals surface area contributed by atoms with Crippen LogP contribution in [-0.2, 0) is 5.41 Å². The van der Waals surface area contributed by atoms with Crippen molar-refractivity contribution in [3.63, 3.8) is 0 Å². The summed E-state index contributed by atoms with van der Waals surface area (Å²) in [6.07, 6.45) is 0. The Morgan fingerprint density at radius 3 is 2.15 bits per heavy atom. The summed E-state index contributed by atoms with van der Waals surface area (Å²) in [4.78, 5) is 31.9. The van der Waals surface area contributed by atoms with Crippen LogP contribution in [0.15, 0.2) is 42.5 Å². The number of piperazine rings is 1. The number of carbonyl (C=O) groups is 2. The number of amides is 1. The van der Waals surface area contributed by atoms with Crippen LogP contribution in [0.1, 0.15) is 47.2 Å². The molecule has 0 radical (unpaired) electrons. The average Bonchev–Trinajstić information content (AvgIpc) is 2.67. The lowest BCUT2D eigenvalue weighted by Crippen LogP contribution is -2.49. The molecular formula is C21H25N3O3. The molecule has 2 aromatic rings. The van der Waals surface area contributed by atoms with E-state index >= 15 is 0 Å². The molecule has 0 spiro atoms. The van der Waals surface area contributed by atoms with Gasteiger partial charge in [0.05, 0.1) is 0 Å². The SMILES string of the molecule is CC(C)(C)c1ccc(C(=O)N2CCN(c3cccc(C(=O)O)n3)CC2)cc1. The van der Waals surface area contributed by atoms with E-state index in [1.807, 2.05) is 34.1 Å². The van der Waals surface area contributed by atoms with Gasteiger partial charge in [0, 0.05) is 31.7 Å². The van der Waals surface area contributed by atoms with Gasteiger partial charge in [-0.1, -0.05) is 39.0 Å². The topological polar surface area (TPSA) is 73.7 Å². The van der Waals surface area contributed by atoms with Gasteiger partial charge < -0.3 is 14.9 Å². The van der Waals surface area contributed by atoms with E-state index < -0.39 is 5.97 Å². The van der Waals surface area contributed by atoms with Crippen molar-refractivity contribution in [3.05, 3.63) is 59.3 Å². The molecule has 142 valence electrons. The molecule has 1 amide bonds. The van der Waals surface area contributed by atoms with Crippen LogP contribution in [0.4, 0.5) is 5.82 Å². The van der Waals surface area contributed by atoms with Crippen molar-refractivity contribution in [2.24, 2.45) is 0 Å². The molecule has 27 heavy (non-hydrogen) atoms. The minimum atomic E-state index is -1.04. The second kappa shape index (κ2) is 7.39. The number of carboxylic acid groups (broad SMARTS) is 1. The molecule has 1 fully saturated rings. The predicted molar refractivity (Wildman–Crippen MR) is 104 cm³/mol. The number of carbonyl (C=O) groups excluding carboxylic acids is 1. The first-order valence-corrected chi connectivity index (χ1v) is 9.11. The number of anilines is 1. The van der Waals surface area contributed by atoms with Crippen molar-refractivity contribution in [1.29, 1.82) is 0 Å². The van der Waals surface area contributed by atoms with Crippen LogP contribution < -0.4 is 4.90 Å². The lowest BCUT2D eigenvalue weighted by molar-refractivity contribution is 0.0690. The fraction of sp³-hybridized carbons (Fsp3) is 0.381. The summed E-state index contributed by atoms with van der Waals surface area (Å²) in [6, 6.07) is 12.8. The molecule has 6 nitrogen and oxygen atoms in total. The van der Waals surface area contributed by atoms with Crippen molar-refractivity contribution >= 4 is 17.7 Å². The van der Waals surface area contributed by atoms with Gasteiger partial charge in [0.2, 0.25) is 0 Å². The summed E-state index contributed by atoms with van der Waals surface area (Å²) in [5.74, 6) is -0.372. The van der Waals surface area contributed by atoms with Crippen LogP contribution >= 0.6 is 0 Å². The lowest BCUT2D eigenvalue weighted by Gasteiger charge is -2.35. The van der Waals surface area contributed by atoms with E-state index in [0.717, 1.165) is 0 Å². The van der Waals surface area contributed by atoms with E-state index in [9.17, 15) is 9.59 Å². The first kappa shape index (κ1) is 18.9. The van der Waals surface area contributed by atoms with E-state index in [1.54, 1.807) is 12.1 Å². The second-order valence-corrected chi connectivity index (χ2v) is 7.79. The molecule has 1 aliphatic rings. The van der Waals surface area contributed by atoms with Crippen molar-refractivity contribution in [3.8, 4) is 0 Å². The molecule has 1 aromatic heterocycles. The van der Waals surface area contributed by atoms with Gasteiger partial charge in [-0.05, 0) is 35.2 Å². The van der Waals surface area contributed by atoms with E-state index in [2.05, 4.69) is 25.8 Å². The highest BCUT2D eigenvalue weighted by Gasteiger charge is 2.24. The predicted octanol–water partition coefficient (Wildman–Crippen LogP) is 3.04. The maximum atomic E-state index is 12.8. The number of carboxylic acids is 1. The zero-order valence-corrected chi connectivity index (χ0v) is 16.0. The Morgan fingerprint density at radius 1 is 0.963 bits per heavy atom. The lowest BCUT2D eigenvalue weighted by atomic mass is 9.86. The molecule has 0 bridgehead atoms. The highest BCUT2D eigenvalue weighted by Crippen LogP contribution is 2.23. The summed E-state index contributed by atoms with van der Waals surface area (Å²) < 4.78 is 0. The Hall–Kier alpha value is -2.89. The Morgan fingerprint density at radius 2 is 1.59 bits per heavy atom. The fourth-order valence-electron chi connectivity index (χ4n) is 3.15. The number of nitrogens with zero attached hydrogens (tertiary/aromatic N) is 3. The molecule has 0 atom stereocenters. The van der Waals surface area contributed by atoms with E-state index in [-0.39, 0.29) is 17.0 Å². The van der Waals surface area contributed by atoms with Gasteiger partial charge in [-0.2, -0.15) is 0 Å². The van der Waals surface area contributed by atoms with Crippen molar-refractivity contribution in [1.82, 2.24) is 9.88 Å². The Bertz CT molecular complexity index is 832.